The molecule has 37 heavy (non-hydrogen) atoms. The van der Waals surface area contributed by atoms with Crippen molar-refractivity contribution >= 4 is 31.5 Å². The minimum atomic E-state index is -3.87. The maximum absolute atomic E-state index is 15.0. The molecule has 1 N–H and O–H groups in total. The minimum absolute atomic E-state index is 0.0330. The molecule has 0 radical (unpaired) electrons. The van der Waals surface area contributed by atoms with Gasteiger partial charge in [-0.3, -0.25) is 4.79 Å². The summed E-state index contributed by atoms with van der Waals surface area (Å²) in [7, 11) is -7.67. The van der Waals surface area contributed by atoms with Crippen LogP contribution < -0.4 is 9.62 Å². The Balaban J connectivity index is 1.55. The molecule has 0 saturated heterocycles. The second-order valence-corrected chi connectivity index (χ2v) is 15.8. The third-order valence-corrected chi connectivity index (χ3v) is 10.9. The van der Waals surface area contributed by atoms with Crippen LogP contribution in [0.25, 0.3) is 0 Å². The summed E-state index contributed by atoms with van der Waals surface area (Å²) in [5, 5.41) is 0. The van der Waals surface area contributed by atoms with Gasteiger partial charge < -0.3 is 4.90 Å². The predicted molar refractivity (Wildman–Crippen MR) is 140 cm³/mol. The summed E-state index contributed by atoms with van der Waals surface area (Å²) in [6, 6.07) is 8.40. The topological polar surface area (TPSA) is 101 Å². The van der Waals surface area contributed by atoms with Gasteiger partial charge in [0.15, 0.2) is 9.84 Å². The Kier molecular flexibility index (Phi) is 5.94. The Morgan fingerprint density at radius 2 is 1.59 bits per heavy atom. The predicted octanol–water partition coefficient (Wildman–Crippen LogP) is 4.56. The maximum Gasteiger partial charge on any atom is 0.258 e. The van der Waals surface area contributed by atoms with Crippen LogP contribution in [0.15, 0.2) is 46.2 Å². The lowest BCUT2D eigenvalue weighted by Crippen LogP contribution is -2.41. The highest BCUT2D eigenvalue weighted by Gasteiger charge is 2.54. The number of sulfone groups is 1. The number of benzene rings is 2. The van der Waals surface area contributed by atoms with E-state index in [0.717, 1.165) is 38.0 Å². The summed E-state index contributed by atoms with van der Waals surface area (Å²) in [6.45, 7) is 5.50. The lowest BCUT2D eigenvalue weighted by Gasteiger charge is -2.38. The average molecular weight is 549 g/mol. The van der Waals surface area contributed by atoms with E-state index in [1.165, 1.54) is 42.0 Å². The molecule has 1 amide bonds. The highest BCUT2D eigenvalue weighted by Crippen LogP contribution is 2.62. The Morgan fingerprint density at radius 1 is 0.973 bits per heavy atom. The molecule has 200 valence electrons. The van der Waals surface area contributed by atoms with E-state index >= 15 is 4.39 Å². The molecule has 0 bridgehead atoms. The number of fused-ring (bicyclic) bond motifs is 2. The Morgan fingerprint density at radius 3 is 2.16 bits per heavy atom. The van der Waals surface area contributed by atoms with Crippen LogP contribution in [0.5, 0.6) is 0 Å². The molecule has 0 atom stereocenters. The van der Waals surface area contributed by atoms with E-state index in [0.29, 0.717) is 23.2 Å². The van der Waals surface area contributed by atoms with Gasteiger partial charge in [-0.2, -0.15) is 0 Å². The Labute approximate surface area is 218 Å². The van der Waals surface area contributed by atoms with Crippen LogP contribution in [0.1, 0.15) is 75.2 Å². The van der Waals surface area contributed by atoms with Crippen LogP contribution in [0.4, 0.5) is 10.1 Å². The van der Waals surface area contributed by atoms with E-state index in [-0.39, 0.29) is 15.4 Å². The highest BCUT2D eigenvalue weighted by atomic mass is 32.2. The molecule has 2 aromatic rings. The molecule has 10 heteroatoms. The number of nitrogens with zero attached hydrogens (tertiary/aromatic N) is 1. The maximum atomic E-state index is 15.0. The van der Waals surface area contributed by atoms with Crippen molar-refractivity contribution in [3.63, 3.8) is 0 Å². The quantitative estimate of drug-likeness (QED) is 0.604. The van der Waals surface area contributed by atoms with Gasteiger partial charge in [0.2, 0.25) is 10.0 Å². The first kappa shape index (κ1) is 26.3. The SMILES string of the molecule is CC(C)(C)NS(=O)(=O)c1cccc(C(=O)N2CC3(CCC4(CC4)CC3)c3cc(S(C)(=O)=O)c(F)cc32)c1. The molecule has 1 heterocycles. The molecule has 7 nitrogen and oxygen atoms in total. The summed E-state index contributed by atoms with van der Waals surface area (Å²) >= 11 is 0. The first-order valence-corrected chi connectivity index (χ1v) is 15.9. The van der Waals surface area contributed by atoms with E-state index in [1.54, 1.807) is 26.8 Å². The van der Waals surface area contributed by atoms with Gasteiger partial charge in [-0.25, -0.2) is 25.9 Å². The number of anilines is 1. The first-order chi connectivity index (χ1) is 17.0. The largest absolute Gasteiger partial charge is 0.307 e. The number of carbonyl (C=O) groups is 1. The van der Waals surface area contributed by atoms with Crippen LogP contribution in [-0.2, 0) is 25.3 Å². The van der Waals surface area contributed by atoms with Crippen molar-refractivity contribution in [1.82, 2.24) is 4.72 Å². The molecule has 2 spiro atoms. The monoisotopic (exact) mass is 548 g/mol. The van der Waals surface area contributed by atoms with Crippen LogP contribution in [0.3, 0.4) is 0 Å². The van der Waals surface area contributed by atoms with Gasteiger partial charge in [0.05, 0.1) is 10.6 Å². The molecule has 2 fully saturated rings. The number of halogens is 1. The van der Waals surface area contributed by atoms with Crippen LogP contribution in [-0.4, -0.2) is 41.1 Å². The summed E-state index contributed by atoms with van der Waals surface area (Å²) in [6.07, 6.45) is 6.95. The minimum Gasteiger partial charge on any atom is -0.307 e. The van der Waals surface area contributed by atoms with Crippen molar-refractivity contribution in [3.05, 3.63) is 53.3 Å². The third kappa shape index (κ3) is 4.83. The van der Waals surface area contributed by atoms with Crippen molar-refractivity contribution in [2.45, 2.75) is 80.0 Å². The van der Waals surface area contributed by atoms with Crippen LogP contribution in [0, 0.1) is 11.2 Å². The van der Waals surface area contributed by atoms with Crippen LogP contribution >= 0.6 is 0 Å². The van der Waals surface area contributed by atoms with E-state index in [4.69, 9.17) is 0 Å². The third-order valence-electron chi connectivity index (χ3n) is 8.07. The lowest BCUT2D eigenvalue weighted by molar-refractivity contribution is 0.0980. The van der Waals surface area contributed by atoms with Crippen molar-refractivity contribution in [1.29, 1.82) is 0 Å². The smallest absolute Gasteiger partial charge is 0.258 e. The van der Waals surface area contributed by atoms with E-state index < -0.39 is 42.5 Å². The molecule has 2 aromatic carbocycles. The zero-order chi connectivity index (χ0) is 27.0. The normalized spacial score (nSPS) is 20.3. The van der Waals surface area contributed by atoms with Crippen molar-refractivity contribution in [3.8, 4) is 0 Å². The van der Waals surface area contributed by atoms with Gasteiger partial charge in [-0.1, -0.05) is 6.07 Å². The fourth-order valence-corrected chi connectivity index (χ4v) is 8.12. The fraction of sp³-hybridized carbons (Fsp3) is 0.519. The van der Waals surface area contributed by atoms with E-state index in [9.17, 15) is 21.6 Å². The lowest BCUT2D eigenvalue weighted by atomic mass is 9.66. The second-order valence-electron chi connectivity index (χ2n) is 12.1. The van der Waals surface area contributed by atoms with Crippen molar-refractivity contribution in [2.24, 2.45) is 5.41 Å². The molecule has 0 unspecified atom stereocenters. The summed E-state index contributed by atoms with van der Waals surface area (Å²) in [5.41, 5.74) is 0.434. The molecular formula is C27H33FN2O5S2. The molecule has 2 saturated carbocycles. The van der Waals surface area contributed by atoms with Gasteiger partial charge in [-0.05, 0) is 101 Å². The molecule has 2 aliphatic carbocycles. The summed E-state index contributed by atoms with van der Waals surface area (Å²) in [5.74, 6) is -1.33. The van der Waals surface area contributed by atoms with E-state index in [2.05, 4.69) is 4.72 Å². The molecule has 1 aliphatic heterocycles. The number of hydrogen-bond acceptors (Lipinski definition) is 5. The number of nitrogens with one attached hydrogen (secondary N) is 1. The van der Waals surface area contributed by atoms with Gasteiger partial charge in [0, 0.05) is 29.3 Å². The Hall–Kier alpha value is -2.30. The zero-order valence-corrected chi connectivity index (χ0v) is 23.2. The number of amides is 1. The molecule has 5 rings (SSSR count). The van der Waals surface area contributed by atoms with Crippen LogP contribution in [0.2, 0.25) is 0 Å². The van der Waals surface area contributed by atoms with Gasteiger partial charge in [0.25, 0.3) is 5.91 Å². The zero-order valence-electron chi connectivity index (χ0n) is 21.6. The highest BCUT2D eigenvalue weighted by molar-refractivity contribution is 7.90. The second kappa shape index (κ2) is 8.35. The number of sulfonamides is 1. The molecule has 0 aromatic heterocycles. The number of hydrogen-bond donors (Lipinski definition) is 1. The van der Waals surface area contributed by atoms with Gasteiger partial charge >= 0.3 is 0 Å². The first-order valence-electron chi connectivity index (χ1n) is 12.5. The summed E-state index contributed by atoms with van der Waals surface area (Å²) in [4.78, 5) is 14.9. The number of carbonyl (C=O) groups excluding carboxylic acids is 1. The van der Waals surface area contributed by atoms with E-state index in [1.807, 2.05) is 0 Å². The average Bonchev–Trinajstić information content (AvgIpc) is 3.48. The molecular weight excluding hydrogens is 515 g/mol. The molecule has 3 aliphatic rings. The number of rotatable bonds is 4. The van der Waals surface area contributed by atoms with Crippen molar-refractivity contribution in [2.75, 3.05) is 17.7 Å². The Bertz CT molecular complexity index is 1500. The van der Waals surface area contributed by atoms with Gasteiger partial charge in [0.1, 0.15) is 10.7 Å². The van der Waals surface area contributed by atoms with Gasteiger partial charge in [-0.15, -0.1) is 0 Å². The fourth-order valence-electron chi connectivity index (χ4n) is 5.91. The summed E-state index contributed by atoms with van der Waals surface area (Å²) < 4.78 is 68.0. The standard InChI is InChI=1S/C27H33FN2O5S2/c1-25(2,3)29-37(34,35)19-7-5-6-18(14-19)24(31)30-17-27(12-10-26(8-9-26)11-13-27)20-15-23(36(4,32)33)21(28)16-22(20)30/h5-7,14-16,29H,8-13,17H2,1-4H3. The van der Waals surface area contributed by atoms with Crippen molar-refractivity contribution < 1.29 is 26.0 Å².